The molecule has 9 heteroatoms. The Bertz CT molecular complexity index is 1260. The van der Waals surface area contributed by atoms with E-state index in [1.54, 1.807) is 11.8 Å². The van der Waals surface area contributed by atoms with Gasteiger partial charge in [0.25, 0.3) is 5.91 Å². The van der Waals surface area contributed by atoms with Crippen molar-refractivity contribution in [3.05, 3.63) is 63.9 Å². The van der Waals surface area contributed by atoms with Crippen molar-refractivity contribution in [2.75, 3.05) is 6.54 Å². The number of hydrogen-bond acceptors (Lipinski definition) is 7. The molecule has 0 spiro atoms. The van der Waals surface area contributed by atoms with Crippen LogP contribution in [0.5, 0.6) is 0 Å². The molecule has 31 heavy (non-hydrogen) atoms. The molecule has 2 aliphatic rings. The van der Waals surface area contributed by atoms with Crippen LogP contribution in [0.4, 0.5) is 0 Å². The molecule has 0 radical (unpaired) electrons. The van der Waals surface area contributed by atoms with Crippen LogP contribution in [0.25, 0.3) is 15.7 Å². The van der Waals surface area contributed by atoms with Gasteiger partial charge in [-0.25, -0.2) is 4.98 Å². The second-order valence-electron chi connectivity index (χ2n) is 7.73. The van der Waals surface area contributed by atoms with Crippen LogP contribution in [0.3, 0.4) is 0 Å². The summed E-state index contributed by atoms with van der Waals surface area (Å²) < 4.78 is 6.49. The lowest BCUT2D eigenvalue weighted by molar-refractivity contribution is 0.0638. The van der Waals surface area contributed by atoms with E-state index < -0.39 is 0 Å². The summed E-state index contributed by atoms with van der Waals surface area (Å²) >= 11 is 2.93. The standard InChI is InChI=1S/C22H20N6OS2/c1-13(2)18-23-21(31-26-18)20-25-24-19-14(3)27(10-11-28(19)20)22(29)16-8-6-15(7-9-16)17-5-4-12-30-17/h6-9,12-14H,10-11H2,1-3H3/t14-/m1/s1. The van der Waals surface area contributed by atoms with Crippen LogP contribution >= 0.6 is 23.3 Å². The molecule has 156 valence electrons. The van der Waals surface area contributed by atoms with Crippen molar-refractivity contribution in [2.45, 2.75) is 39.3 Å². The molecule has 0 bridgehead atoms. The van der Waals surface area contributed by atoms with Gasteiger partial charge in [0.2, 0.25) is 0 Å². The molecule has 2 aromatic heterocycles. The van der Waals surface area contributed by atoms with Crippen molar-refractivity contribution < 1.29 is 4.79 Å². The van der Waals surface area contributed by atoms with E-state index in [-0.39, 0.29) is 17.9 Å². The van der Waals surface area contributed by atoms with E-state index in [0.29, 0.717) is 18.7 Å². The number of benzene rings is 1. The SMILES string of the molecule is CC(C)c1nsc(-c2nnc3n2CCN(C(=O)c2ccc(C4=C=C=CS4)cc2)[C@@H]3C)n1. The molecule has 1 amide bonds. The zero-order chi connectivity index (χ0) is 21.5. The smallest absolute Gasteiger partial charge is 0.254 e. The molecule has 1 atom stereocenters. The number of fused-ring (bicyclic) bond motifs is 1. The summed E-state index contributed by atoms with van der Waals surface area (Å²) in [4.78, 5) is 20.7. The largest absolute Gasteiger partial charge is 0.327 e. The van der Waals surface area contributed by atoms with Gasteiger partial charge in [0.05, 0.1) is 10.9 Å². The summed E-state index contributed by atoms with van der Waals surface area (Å²) in [6, 6.07) is 7.48. The molecule has 1 aromatic carbocycles. The van der Waals surface area contributed by atoms with Crippen molar-refractivity contribution in [1.29, 1.82) is 0 Å². The molecular weight excluding hydrogens is 428 g/mol. The van der Waals surface area contributed by atoms with Gasteiger partial charge in [-0.05, 0) is 36.2 Å². The Morgan fingerprint density at radius 2 is 2.00 bits per heavy atom. The van der Waals surface area contributed by atoms with Gasteiger partial charge in [0.1, 0.15) is 5.82 Å². The lowest BCUT2D eigenvalue weighted by Gasteiger charge is -2.33. The normalized spacial score (nSPS) is 17.4. The monoisotopic (exact) mass is 448 g/mol. The zero-order valence-corrected chi connectivity index (χ0v) is 19.0. The number of thioether (sulfide) groups is 1. The lowest BCUT2D eigenvalue weighted by atomic mass is 10.1. The van der Waals surface area contributed by atoms with E-state index in [2.05, 4.69) is 49.4 Å². The third-order valence-corrected chi connectivity index (χ3v) is 6.95. The summed E-state index contributed by atoms with van der Waals surface area (Å²) in [6.07, 6.45) is 0. The van der Waals surface area contributed by atoms with Crippen LogP contribution in [0, 0.1) is 0 Å². The molecule has 4 heterocycles. The molecule has 2 aliphatic heterocycles. The Kier molecular flexibility index (Phi) is 5.12. The van der Waals surface area contributed by atoms with Crippen LogP contribution in [-0.4, -0.2) is 41.5 Å². The lowest BCUT2D eigenvalue weighted by Crippen LogP contribution is -2.41. The van der Waals surface area contributed by atoms with Gasteiger partial charge in [0, 0.05) is 30.0 Å². The van der Waals surface area contributed by atoms with E-state index in [1.165, 1.54) is 11.5 Å². The average Bonchev–Trinajstić information content (AvgIpc) is 3.54. The molecule has 0 N–H and O–H groups in total. The maximum absolute atomic E-state index is 13.2. The van der Waals surface area contributed by atoms with Gasteiger partial charge >= 0.3 is 0 Å². The molecular formula is C22H20N6OS2. The first-order valence-corrected chi connectivity index (χ1v) is 11.7. The third-order valence-electron chi connectivity index (χ3n) is 5.41. The quantitative estimate of drug-likeness (QED) is 0.547. The van der Waals surface area contributed by atoms with Gasteiger partial charge in [-0.15, -0.1) is 10.2 Å². The molecule has 7 nitrogen and oxygen atoms in total. The van der Waals surface area contributed by atoms with Crippen LogP contribution in [-0.2, 0) is 6.54 Å². The number of nitrogens with zero attached hydrogens (tertiary/aromatic N) is 6. The maximum Gasteiger partial charge on any atom is 0.254 e. The first-order valence-electron chi connectivity index (χ1n) is 10.1. The fourth-order valence-corrected chi connectivity index (χ4v) is 5.09. The van der Waals surface area contributed by atoms with Crippen molar-refractivity contribution in [3.8, 4) is 10.8 Å². The summed E-state index contributed by atoms with van der Waals surface area (Å²) in [6.45, 7) is 7.35. The molecule has 0 aliphatic carbocycles. The van der Waals surface area contributed by atoms with Crippen LogP contribution < -0.4 is 0 Å². The molecule has 0 saturated carbocycles. The van der Waals surface area contributed by atoms with E-state index in [9.17, 15) is 4.79 Å². The van der Waals surface area contributed by atoms with E-state index in [4.69, 9.17) is 0 Å². The highest BCUT2D eigenvalue weighted by atomic mass is 32.2. The van der Waals surface area contributed by atoms with Crippen molar-refractivity contribution >= 4 is 34.1 Å². The molecule has 5 rings (SSSR count). The predicted molar refractivity (Wildman–Crippen MR) is 122 cm³/mol. The minimum Gasteiger partial charge on any atom is -0.327 e. The summed E-state index contributed by atoms with van der Waals surface area (Å²) in [7, 11) is 0. The first-order chi connectivity index (χ1) is 15.0. The van der Waals surface area contributed by atoms with Crippen LogP contribution in [0.15, 0.2) is 41.1 Å². The number of carbonyl (C=O) groups is 1. The average molecular weight is 449 g/mol. The fourth-order valence-electron chi connectivity index (χ4n) is 3.66. The van der Waals surface area contributed by atoms with Gasteiger partial charge in [-0.1, -0.05) is 49.2 Å². The third kappa shape index (κ3) is 3.56. The first kappa shape index (κ1) is 20.0. The number of amides is 1. The molecule has 0 fully saturated rings. The van der Waals surface area contributed by atoms with Crippen molar-refractivity contribution in [3.63, 3.8) is 0 Å². The zero-order valence-electron chi connectivity index (χ0n) is 17.4. The Labute approximate surface area is 188 Å². The van der Waals surface area contributed by atoms with Crippen LogP contribution in [0.2, 0.25) is 0 Å². The van der Waals surface area contributed by atoms with Gasteiger partial charge in [-0.3, -0.25) is 4.79 Å². The van der Waals surface area contributed by atoms with Crippen molar-refractivity contribution in [1.82, 2.24) is 29.0 Å². The number of carbonyl (C=O) groups excluding carboxylic acids is 1. The fraction of sp³-hybridized carbons (Fsp3) is 0.318. The topological polar surface area (TPSA) is 76.8 Å². The summed E-state index contributed by atoms with van der Waals surface area (Å²) in [5, 5.41) is 11.4. The van der Waals surface area contributed by atoms with E-state index in [1.807, 2.05) is 41.5 Å². The second kappa shape index (κ2) is 7.94. The minimum absolute atomic E-state index is 0.00502. The predicted octanol–water partition coefficient (Wildman–Crippen LogP) is 4.49. The highest BCUT2D eigenvalue weighted by Crippen LogP contribution is 2.32. The highest BCUT2D eigenvalue weighted by molar-refractivity contribution is 8.11. The Morgan fingerprint density at radius 1 is 1.19 bits per heavy atom. The summed E-state index contributed by atoms with van der Waals surface area (Å²) in [5.41, 5.74) is 7.73. The minimum atomic E-state index is -0.181. The Hall–Kier alpha value is -2.96. The van der Waals surface area contributed by atoms with Gasteiger partial charge in [0.15, 0.2) is 16.7 Å². The number of hydrogen-bond donors (Lipinski definition) is 0. The maximum atomic E-state index is 13.2. The highest BCUT2D eigenvalue weighted by Gasteiger charge is 2.32. The number of rotatable bonds is 4. The van der Waals surface area contributed by atoms with E-state index >= 15 is 0 Å². The van der Waals surface area contributed by atoms with E-state index in [0.717, 1.165) is 32.9 Å². The van der Waals surface area contributed by atoms with Crippen LogP contribution in [0.1, 0.15) is 60.3 Å². The molecule has 0 saturated heterocycles. The second-order valence-corrected chi connectivity index (χ2v) is 9.36. The Morgan fingerprint density at radius 3 is 2.68 bits per heavy atom. The van der Waals surface area contributed by atoms with Gasteiger partial charge in [-0.2, -0.15) is 4.37 Å². The Balaban J connectivity index is 1.38. The van der Waals surface area contributed by atoms with Crippen molar-refractivity contribution in [2.24, 2.45) is 0 Å². The number of aromatic nitrogens is 5. The summed E-state index contributed by atoms with van der Waals surface area (Å²) in [5.74, 6) is 2.58. The molecule has 0 unspecified atom stereocenters. The van der Waals surface area contributed by atoms with Gasteiger partial charge < -0.3 is 9.47 Å². The molecule has 3 aromatic rings.